The topological polar surface area (TPSA) is 104 Å². The van der Waals surface area contributed by atoms with Crippen molar-refractivity contribution in [2.75, 3.05) is 6.54 Å². The summed E-state index contributed by atoms with van der Waals surface area (Å²) < 4.78 is 1.39. The van der Waals surface area contributed by atoms with Crippen LogP contribution in [0.1, 0.15) is 11.1 Å². The first-order chi connectivity index (χ1) is 10.2. The fourth-order valence-electron chi connectivity index (χ4n) is 1.79. The van der Waals surface area contributed by atoms with Gasteiger partial charge in [-0.3, -0.25) is 0 Å². The molecule has 7 heteroatoms. The number of nitriles is 1. The lowest BCUT2D eigenvalue weighted by molar-refractivity contribution is 0.194. The van der Waals surface area contributed by atoms with Crippen molar-refractivity contribution in [2.24, 2.45) is 0 Å². The molecular formula is C14H13N5O2. The summed E-state index contributed by atoms with van der Waals surface area (Å²) in [7, 11) is 0. The van der Waals surface area contributed by atoms with E-state index < -0.39 is 6.09 Å². The number of hydrogen-bond donors (Lipinski definition) is 2. The summed E-state index contributed by atoms with van der Waals surface area (Å²) in [6.07, 6.45) is 4.06. The molecule has 106 valence electrons. The number of aromatic nitrogens is 3. The third kappa shape index (κ3) is 4.18. The maximum atomic E-state index is 10.4. The molecule has 0 saturated heterocycles. The highest BCUT2D eigenvalue weighted by atomic mass is 16.4. The first-order valence-corrected chi connectivity index (χ1v) is 6.21. The normalized spacial score (nSPS) is 10.9. The highest BCUT2D eigenvalue weighted by molar-refractivity contribution is 5.78. The zero-order valence-corrected chi connectivity index (χ0v) is 11.1. The summed E-state index contributed by atoms with van der Waals surface area (Å²) >= 11 is 0. The molecule has 0 spiro atoms. The number of hydrogen-bond acceptors (Lipinski definition) is 4. The third-order valence-electron chi connectivity index (χ3n) is 2.72. The van der Waals surface area contributed by atoms with Crippen molar-refractivity contribution in [1.29, 1.82) is 5.26 Å². The molecule has 0 aliphatic heterocycles. The molecular weight excluding hydrogens is 270 g/mol. The second-order valence-corrected chi connectivity index (χ2v) is 4.21. The minimum atomic E-state index is -1.04. The van der Waals surface area contributed by atoms with Gasteiger partial charge in [0.25, 0.3) is 0 Å². The highest BCUT2D eigenvalue weighted by Crippen LogP contribution is 2.12. The Morgan fingerprint density at radius 3 is 3.05 bits per heavy atom. The van der Waals surface area contributed by atoms with Crippen molar-refractivity contribution in [2.45, 2.75) is 6.42 Å². The number of carboxylic acid groups (broad SMARTS) is 1. The molecule has 2 aromatic rings. The highest BCUT2D eigenvalue weighted by Gasteiger charge is 2.01. The van der Waals surface area contributed by atoms with Gasteiger partial charge in [-0.25, -0.2) is 14.5 Å². The Bertz CT molecular complexity index is 686. The Morgan fingerprint density at radius 2 is 2.38 bits per heavy atom. The number of nitrogens with one attached hydrogen (secondary N) is 1. The summed E-state index contributed by atoms with van der Waals surface area (Å²) in [5.74, 6) is 0. The van der Waals surface area contributed by atoms with E-state index in [-0.39, 0.29) is 0 Å². The number of nitrogens with zero attached hydrogens (tertiary/aromatic N) is 4. The molecule has 0 bridgehead atoms. The minimum Gasteiger partial charge on any atom is -0.465 e. The number of benzene rings is 1. The first kappa shape index (κ1) is 14.3. The van der Waals surface area contributed by atoms with Crippen LogP contribution in [-0.2, 0) is 6.42 Å². The van der Waals surface area contributed by atoms with E-state index in [0.717, 1.165) is 11.1 Å². The van der Waals surface area contributed by atoms with Crippen LogP contribution in [0.15, 0.2) is 36.9 Å². The predicted molar refractivity (Wildman–Crippen MR) is 76.0 cm³/mol. The van der Waals surface area contributed by atoms with Crippen LogP contribution in [0, 0.1) is 11.3 Å². The number of carbonyl (C=O) groups is 1. The van der Waals surface area contributed by atoms with Gasteiger partial charge in [-0.2, -0.15) is 10.4 Å². The van der Waals surface area contributed by atoms with Crippen LogP contribution in [0.3, 0.4) is 0 Å². The molecule has 2 rings (SSSR count). The first-order valence-electron chi connectivity index (χ1n) is 6.21. The van der Waals surface area contributed by atoms with E-state index >= 15 is 0 Å². The number of amides is 1. The molecule has 1 heterocycles. The molecule has 2 N–H and O–H groups in total. The Kier molecular flexibility index (Phi) is 4.66. The van der Waals surface area contributed by atoms with Crippen molar-refractivity contribution in [3.8, 4) is 6.07 Å². The standard InChI is InChI=1S/C14H13N5O2/c15-8-13(19-10-16-9-18-19)7-12-3-1-2-11(6-12)4-5-17-14(20)21/h1-3,6-7,9-10,17H,4-5H2,(H,20,21). The zero-order chi connectivity index (χ0) is 15.1. The minimum absolute atomic E-state index is 0.344. The van der Waals surface area contributed by atoms with E-state index in [4.69, 9.17) is 10.4 Å². The van der Waals surface area contributed by atoms with Gasteiger partial charge in [-0.05, 0) is 23.6 Å². The van der Waals surface area contributed by atoms with Crippen LogP contribution in [0.2, 0.25) is 0 Å². The molecule has 0 fully saturated rings. The van der Waals surface area contributed by atoms with Gasteiger partial charge in [-0.1, -0.05) is 24.3 Å². The van der Waals surface area contributed by atoms with Crippen molar-refractivity contribution in [3.63, 3.8) is 0 Å². The average Bonchev–Trinajstić information content (AvgIpc) is 2.99. The Morgan fingerprint density at radius 1 is 1.52 bits per heavy atom. The van der Waals surface area contributed by atoms with Crippen LogP contribution in [-0.4, -0.2) is 32.5 Å². The van der Waals surface area contributed by atoms with Crippen molar-refractivity contribution < 1.29 is 9.90 Å². The summed E-state index contributed by atoms with van der Waals surface area (Å²) in [6.45, 7) is 0.344. The molecule has 0 saturated carbocycles. The van der Waals surface area contributed by atoms with E-state index in [9.17, 15) is 4.79 Å². The second kappa shape index (κ2) is 6.86. The van der Waals surface area contributed by atoms with E-state index in [2.05, 4.69) is 21.5 Å². The van der Waals surface area contributed by atoms with Crippen LogP contribution in [0.25, 0.3) is 11.8 Å². The van der Waals surface area contributed by atoms with Gasteiger partial charge in [-0.15, -0.1) is 0 Å². The van der Waals surface area contributed by atoms with Gasteiger partial charge in [0.15, 0.2) is 0 Å². The lowest BCUT2D eigenvalue weighted by Crippen LogP contribution is -2.23. The lowest BCUT2D eigenvalue weighted by atomic mass is 10.1. The molecule has 21 heavy (non-hydrogen) atoms. The summed E-state index contributed by atoms with van der Waals surface area (Å²) in [6, 6.07) is 9.59. The maximum Gasteiger partial charge on any atom is 0.404 e. The largest absolute Gasteiger partial charge is 0.465 e. The molecule has 0 radical (unpaired) electrons. The van der Waals surface area contributed by atoms with Crippen molar-refractivity contribution in [1.82, 2.24) is 20.1 Å². The molecule has 0 unspecified atom stereocenters. The van der Waals surface area contributed by atoms with E-state index in [1.165, 1.54) is 17.3 Å². The molecule has 7 nitrogen and oxygen atoms in total. The Balaban J connectivity index is 2.13. The van der Waals surface area contributed by atoms with E-state index in [1.54, 1.807) is 6.08 Å². The van der Waals surface area contributed by atoms with Crippen LogP contribution in [0.4, 0.5) is 4.79 Å². The summed E-state index contributed by atoms with van der Waals surface area (Å²) in [5, 5.41) is 23.9. The monoisotopic (exact) mass is 283 g/mol. The Labute approximate surface area is 121 Å². The van der Waals surface area contributed by atoms with Gasteiger partial charge in [0.1, 0.15) is 24.4 Å². The van der Waals surface area contributed by atoms with Gasteiger partial charge in [0.2, 0.25) is 0 Å². The second-order valence-electron chi connectivity index (χ2n) is 4.21. The Hall–Kier alpha value is -3.14. The maximum absolute atomic E-state index is 10.4. The van der Waals surface area contributed by atoms with Gasteiger partial charge >= 0.3 is 6.09 Å². The van der Waals surface area contributed by atoms with Gasteiger partial charge < -0.3 is 10.4 Å². The summed E-state index contributed by atoms with van der Waals surface area (Å²) in [5.41, 5.74) is 2.18. The number of rotatable bonds is 5. The fourth-order valence-corrected chi connectivity index (χ4v) is 1.79. The van der Waals surface area contributed by atoms with Crippen molar-refractivity contribution >= 4 is 17.9 Å². The fraction of sp³-hybridized carbons (Fsp3) is 0.143. The molecule has 0 aliphatic carbocycles. The van der Waals surface area contributed by atoms with Crippen molar-refractivity contribution in [3.05, 3.63) is 48.0 Å². The molecule has 0 aliphatic rings. The van der Waals surface area contributed by atoms with Gasteiger partial charge in [0, 0.05) is 6.54 Å². The van der Waals surface area contributed by atoms with Crippen LogP contribution >= 0.6 is 0 Å². The van der Waals surface area contributed by atoms with E-state index in [1.807, 2.05) is 24.3 Å². The molecule has 1 aromatic heterocycles. The number of allylic oxidation sites excluding steroid dienone is 1. The van der Waals surface area contributed by atoms with Crippen LogP contribution in [0.5, 0.6) is 0 Å². The van der Waals surface area contributed by atoms with Gasteiger partial charge in [0.05, 0.1) is 0 Å². The molecule has 1 amide bonds. The zero-order valence-electron chi connectivity index (χ0n) is 11.1. The smallest absolute Gasteiger partial charge is 0.404 e. The SMILES string of the molecule is N#CC(=Cc1cccc(CCNC(=O)O)c1)n1cncn1. The lowest BCUT2D eigenvalue weighted by Gasteiger charge is -2.04. The predicted octanol–water partition coefficient (Wildman–Crippen LogP) is 1.61. The third-order valence-corrected chi connectivity index (χ3v) is 2.72. The van der Waals surface area contributed by atoms with Crippen LogP contribution < -0.4 is 5.32 Å². The quantitative estimate of drug-likeness (QED) is 0.811. The summed E-state index contributed by atoms with van der Waals surface area (Å²) in [4.78, 5) is 14.2. The molecule has 0 atom stereocenters. The van der Waals surface area contributed by atoms with E-state index in [0.29, 0.717) is 18.7 Å². The molecule has 1 aromatic carbocycles. The average molecular weight is 283 g/mol.